The quantitative estimate of drug-likeness (QED) is 0.257. The van der Waals surface area contributed by atoms with Gasteiger partial charge in [-0.25, -0.2) is 18.7 Å². The summed E-state index contributed by atoms with van der Waals surface area (Å²) < 4.78 is 39.1. The van der Waals surface area contributed by atoms with Gasteiger partial charge in [0.25, 0.3) is 11.8 Å². The number of oxazole rings is 2. The van der Waals surface area contributed by atoms with E-state index in [2.05, 4.69) is 20.6 Å². The molecule has 4 atom stereocenters. The Kier molecular flexibility index (Phi) is 8.53. The second-order valence-electron chi connectivity index (χ2n) is 11.4. The van der Waals surface area contributed by atoms with Gasteiger partial charge < -0.3 is 29.5 Å². The standard InChI is InChI=1S/C32H33F2N5O5/c1-18-17-44-31(37-18)27-5-3-8-39(27)32(42)22-14-20(13-21(15-22)30-36-7-9-43-30)29(41)38-26(28(40)25-4-2-6-35-25)12-19-10-23(33)16-24(34)11-19/h7,9-11,13-17,25-28,35,40H,2-6,8,12H2,1H3,(H,38,41). The van der Waals surface area contributed by atoms with Crippen LogP contribution in [0.5, 0.6) is 0 Å². The molecule has 12 heteroatoms. The Morgan fingerprint density at radius 2 is 1.89 bits per heavy atom. The molecular weight excluding hydrogens is 572 g/mol. The summed E-state index contributed by atoms with van der Waals surface area (Å²) in [5, 5.41) is 17.4. The van der Waals surface area contributed by atoms with Gasteiger partial charge >= 0.3 is 0 Å². The zero-order chi connectivity index (χ0) is 30.8. The van der Waals surface area contributed by atoms with E-state index in [0.717, 1.165) is 24.6 Å². The van der Waals surface area contributed by atoms with Gasteiger partial charge in [0.2, 0.25) is 11.8 Å². The first-order valence-electron chi connectivity index (χ1n) is 14.7. The number of aromatic nitrogens is 2. The first-order valence-corrected chi connectivity index (χ1v) is 14.7. The summed E-state index contributed by atoms with van der Waals surface area (Å²) in [5.41, 5.74) is 1.79. The maximum absolute atomic E-state index is 14.0. The number of amides is 2. The third-order valence-corrected chi connectivity index (χ3v) is 8.17. The number of halogens is 2. The number of nitrogens with one attached hydrogen (secondary N) is 2. The van der Waals surface area contributed by atoms with Crippen molar-refractivity contribution in [3.05, 3.63) is 95.0 Å². The Balaban J connectivity index is 1.31. The van der Waals surface area contributed by atoms with Crippen molar-refractivity contribution < 1.29 is 32.3 Å². The van der Waals surface area contributed by atoms with Crippen molar-refractivity contribution in [2.45, 2.75) is 63.3 Å². The van der Waals surface area contributed by atoms with Gasteiger partial charge in [-0.05, 0) is 81.5 Å². The summed E-state index contributed by atoms with van der Waals surface area (Å²) >= 11 is 0. The molecule has 2 aromatic heterocycles. The highest BCUT2D eigenvalue weighted by molar-refractivity contribution is 6.01. The predicted molar refractivity (Wildman–Crippen MR) is 155 cm³/mol. The Hall–Kier alpha value is -4.42. The zero-order valence-electron chi connectivity index (χ0n) is 24.1. The molecule has 4 unspecified atom stereocenters. The molecule has 230 valence electrons. The van der Waals surface area contributed by atoms with Crippen LogP contribution in [0, 0.1) is 18.6 Å². The maximum Gasteiger partial charge on any atom is 0.254 e. The number of hydrogen-bond acceptors (Lipinski definition) is 8. The molecule has 0 saturated carbocycles. The van der Waals surface area contributed by atoms with E-state index in [-0.39, 0.29) is 47.0 Å². The first kappa shape index (κ1) is 29.6. The van der Waals surface area contributed by atoms with Crippen LogP contribution < -0.4 is 10.6 Å². The number of aliphatic hydroxyl groups is 1. The van der Waals surface area contributed by atoms with E-state index in [1.165, 1.54) is 30.7 Å². The highest BCUT2D eigenvalue weighted by atomic mass is 19.1. The van der Waals surface area contributed by atoms with Crippen molar-refractivity contribution in [2.75, 3.05) is 13.1 Å². The Morgan fingerprint density at radius 3 is 2.57 bits per heavy atom. The number of carbonyl (C=O) groups excluding carboxylic acids is 2. The molecule has 0 radical (unpaired) electrons. The molecule has 44 heavy (non-hydrogen) atoms. The van der Waals surface area contributed by atoms with Gasteiger partial charge in [0.05, 0.1) is 24.0 Å². The number of benzene rings is 2. The minimum absolute atomic E-state index is 0.0179. The summed E-state index contributed by atoms with van der Waals surface area (Å²) in [6.07, 6.45) is 6.33. The summed E-state index contributed by atoms with van der Waals surface area (Å²) in [4.78, 5) is 38.0. The van der Waals surface area contributed by atoms with Gasteiger partial charge in [-0.15, -0.1) is 0 Å². The lowest BCUT2D eigenvalue weighted by molar-refractivity contribution is 0.0715. The lowest BCUT2D eigenvalue weighted by Gasteiger charge is -2.29. The number of hydrogen-bond donors (Lipinski definition) is 3. The average molecular weight is 606 g/mol. The Morgan fingerprint density at radius 1 is 1.09 bits per heavy atom. The van der Waals surface area contributed by atoms with Crippen LogP contribution in [-0.4, -0.2) is 63.1 Å². The van der Waals surface area contributed by atoms with Gasteiger partial charge in [-0.1, -0.05) is 0 Å². The minimum Gasteiger partial charge on any atom is -0.446 e. The molecular formula is C32H33F2N5O5. The molecule has 10 nitrogen and oxygen atoms in total. The monoisotopic (exact) mass is 605 g/mol. The number of aryl methyl sites for hydroxylation is 1. The lowest BCUT2D eigenvalue weighted by atomic mass is 9.94. The Labute approximate surface area is 252 Å². The SMILES string of the molecule is Cc1coc(C2CCCN2C(=O)c2cc(C(=O)NC(Cc3cc(F)cc(F)c3)C(O)C3CCCN3)cc(-c3ncco3)c2)n1. The maximum atomic E-state index is 14.0. The second kappa shape index (κ2) is 12.7. The Bertz CT molecular complexity index is 1620. The minimum atomic E-state index is -1.04. The van der Waals surface area contributed by atoms with Crippen LogP contribution in [0.4, 0.5) is 8.78 Å². The van der Waals surface area contributed by atoms with E-state index in [1.807, 2.05) is 6.92 Å². The van der Waals surface area contributed by atoms with E-state index < -0.39 is 29.7 Å². The normalized spacial score (nSPS) is 19.7. The molecule has 2 aliphatic heterocycles. The first-order chi connectivity index (χ1) is 21.2. The van der Waals surface area contributed by atoms with Crippen LogP contribution in [0.3, 0.4) is 0 Å². The molecule has 3 N–H and O–H groups in total. The molecule has 2 fully saturated rings. The van der Waals surface area contributed by atoms with Crippen molar-refractivity contribution in [1.82, 2.24) is 25.5 Å². The molecule has 2 amide bonds. The fourth-order valence-corrected chi connectivity index (χ4v) is 6.10. The topological polar surface area (TPSA) is 134 Å². The van der Waals surface area contributed by atoms with Crippen molar-refractivity contribution in [2.24, 2.45) is 0 Å². The molecule has 4 aromatic rings. The highest BCUT2D eigenvalue weighted by Crippen LogP contribution is 2.33. The van der Waals surface area contributed by atoms with E-state index in [9.17, 15) is 23.5 Å². The van der Waals surface area contributed by atoms with Crippen LogP contribution in [0.15, 0.2) is 64.0 Å². The molecule has 0 aliphatic carbocycles. The highest BCUT2D eigenvalue weighted by Gasteiger charge is 2.35. The van der Waals surface area contributed by atoms with Gasteiger partial charge in [0.15, 0.2) is 0 Å². The van der Waals surface area contributed by atoms with Crippen molar-refractivity contribution >= 4 is 11.8 Å². The van der Waals surface area contributed by atoms with Crippen molar-refractivity contribution in [1.29, 1.82) is 0 Å². The second-order valence-corrected chi connectivity index (χ2v) is 11.4. The fraction of sp³-hybridized carbons (Fsp3) is 0.375. The van der Waals surface area contributed by atoms with Gasteiger partial charge in [-0.3, -0.25) is 9.59 Å². The van der Waals surface area contributed by atoms with E-state index in [1.54, 1.807) is 23.3 Å². The molecule has 0 bridgehead atoms. The van der Waals surface area contributed by atoms with E-state index in [4.69, 9.17) is 8.83 Å². The predicted octanol–water partition coefficient (Wildman–Crippen LogP) is 4.35. The smallest absolute Gasteiger partial charge is 0.254 e. The number of rotatable bonds is 9. The number of carbonyl (C=O) groups is 2. The molecule has 6 rings (SSSR count). The summed E-state index contributed by atoms with van der Waals surface area (Å²) in [6.45, 7) is 3.02. The van der Waals surface area contributed by atoms with Crippen LogP contribution in [0.1, 0.15) is 69.6 Å². The largest absolute Gasteiger partial charge is 0.446 e. The van der Waals surface area contributed by atoms with E-state index in [0.29, 0.717) is 37.4 Å². The third kappa shape index (κ3) is 6.41. The molecule has 2 aliphatic rings. The van der Waals surface area contributed by atoms with Crippen LogP contribution in [-0.2, 0) is 6.42 Å². The van der Waals surface area contributed by atoms with Crippen LogP contribution in [0.25, 0.3) is 11.5 Å². The van der Waals surface area contributed by atoms with Crippen LogP contribution in [0.2, 0.25) is 0 Å². The molecule has 2 saturated heterocycles. The van der Waals surface area contributed by atoms with Crippen molar-refractivity contribution in [3.63, 3.8) is 0 Å². The van der Waals surface area contributed by atoms with Gasteiger partial charge in [0, 0.05) is 35.3 Å². The van der Waals surface area contributed by atoms with Crippen molar-refractivity contribution in [3.8, 4) is 11.5 Å². The summed E-state index contributed by atoms with van der Waals surface area (Å²) in [7, 11) is 0. The molecule has 0 spiro atoms. The summed E-state index contributed by atoms with van der Waals surface area (Å²) in [5.74, 6) is -1.71. The lowest BCUT2D eigenvalue weighted by Crippen LogP contribution is -2.52. The summed E-state index contributed by atoms with van der Waals surface area (Å²) in [6, 6.07) is 6.25. The molecule has 2 aromatic carbocycles. The zero-order valence-corrected chi connectivity index (χ0v) is 24.1. The number of aliphatic hydroxyl groups excluding tert-OH is 1. The number of nitrogens with zero attached hydrogens (tertiary/aromatic N) is 3. The average Bonchev–Trinajstić information content (AvgIpc) is 3.83. The number of likely N-dealkylation sites (tertiary alicyclic amines) is 1. The van der Waals surface area contributed by atoms with Gasteiger partial charge in [0.1, 0.15) is 30.2 Å². The van der Waals surface area contributed by atoms with E-state index >= 15 is 0 Å². The molecule has 4 heterocycles. The third-order valence-electron chi connectivity index (χ3n) is 8.17. The van der Waals surface area contributed by atoms with Gasteiger partial charge in [-0.2, -0.15) is 0 Å². The fourth-order valence-electron chi connectivity index (χ4n) is 6.10. The van der Waals surface area contributed by atoms with Crippen LogP contribution >= 0.6 is 0 Å².